The first kappa shape index (κ1) is 23.1. The highest BCUT2D eigenvalue weighted by Gasteiger charge is 2.25. The Morgan fingerprint density at radius 1 is 1.13 bits per heavy atom. The number of pyridine rings is 1. The molecule has 0 bridgehead atoms. The summed E-state index contributed by atoms with van der Waals surface area (Å²) < 4.78 is 1.84. The Bertz CT molecular complexity index is 892. The summed E-state index contributed by atoms with van der Waals surface area (Å²) >= 11 is 0. The fourth-order valence-electron chi connectivity index (χ4n) is 4.30. The molecule has 0 radical (unpaired) electrons. The van der Waals surface area contributed by atoms with Crippen molar-refractivity contribution in [2.45, 2.75) is 64.7 Å². The number of nitrogens with one attached hydrogen (secondary N) is 2. The molecule has 6 heteroatoms. The van der Waals surface area contributed by atoms with Crippen LogP contribution >= 0.6 is 0 Å². The molecule has 0 amide bonds. The predicted molar refractivity (Wildman–Crippen MR) is 129 cm³/mol. The molecule has 0 saturated carbocycles. The third-order valence-electron chi connectivity index (χ3n) is 6.18. The van der Waals surface area contributed by atoms with Gasteiger partial charge in [-0.3, -0.25) is 14.7 Å². The van der Waals surface area contributed by atoms with E-state index >= 15 is 0 Å². The molecule has 0 spiro atoms. The first-order chi connectivity index (χ1) is 15.1. The van der Waals surface area contributed by atoms with Gasteiger partial charge in [0, 0.05) is 57.1 Å². The smallest absolute Gasteiger partial charge is 0.250 e. The van der Waals surface area contributed by atoms with E-state index in [1.165, 1.54) is 5.56 Å². The van der Waals surface area contributed by atoms with Gasteiger partial charge in [0.25, 0.3) is 5.56 Å². The van der Waals surface area contributed by atoms with Crippen LogP contribution in [0.3, 0.4) is 0 Å². The molecule has 2 heterocycles. The zero-order chi connectivity index (χ0) is 22.1. The summed E-state index contributed by atoms with van der Waals surface area (Å²) in [4.78, 5) is 18.9. The van der Waals surface area contributed by atoms with Crippen molar-refractivity contribution in [3.05, 3.63) is 70.1 Å². The van der Waals surface area contributed by atoms with Crippen molar-refractivity contribution < 1.29 is 0 Å². The molecule has 3 rings (SSSR count). The lowest BCUT2D eigenvalue weighted by Crippen LogP contribution is -2.51. The molecular formula is C25H37N5O. The molecule has 6 nitrogen and oxygen atoms in total. The van der Waals surface area contributed by atoms with Crippen LogP contribution in [0.1, 0.15) is 43.9 Å². The molecule has 1 aromatic carbocycles. The fraction of sp³-hybridized carbons (Fsp3) is 0.520. The molecule has 1 aliphatic heterocycles. The number of aromatic nitrogens is 1. The van der Waals surface area contributed by atoms with Gasteiger partial charge in [-0.2, -0.15) is 0 Å². The molecular weight excluding hydrogens is 386 g/mol. The molecule has 2 atom stereocenters. The van der Waals surface area contributed by atoms with Crippen LogP contribution < -0.4 is 16.2 Å². The quantitative estimate of drug-likeness (QED) is 0.389. The van der Waals surface area contributed by atoms with Crippen molar-refractivity contribution >= 4 is 5.96 Å². The monoisotopic (exact) mass is 423 g/mol. The van der Waals surface area contributed by atoms with E-state index in [0.29, 0.717) is 12.1 Å². The number of piperidine rings is 1. The SMILES string of the molecule is CN=C(NCCCCn1c(C)cccc1=O)NC1CCN(Cc2ccccc2)C(C)C1. The Labute approximate surface area is 186 Å². The van der Waals surface area contributed by atoms with E-state index < -0.39 is 0 Å². The number of benzene rings is 1. The molecule has 0 aliphatic carbocycles. The Morgan fingerprint density at radius 3 is 2.65 bits per heavy atom. The summed E-state index contributed by atoms with van der Waals surface area (Å²) in [5, 5.41) is 7.04. The third-order valence-corrected chi connectivity index (χ3v) is 6.18. The average Bonchev–Trinajstić information content (AvgIpc) is 2.77. The van der Waals surface area contributed by atoms with E-state index in [0.717, 1.165) is 63.5 Å². The number of nitrogens with zero attached hydrogens (tertiary/aromatic N) is 3. The van der Waals surface area contributed by atoms with Gasteiger partial charge in [0.15, 0.2) is 5.96 Å². The first-order valence-electron chi connectivity index (χ1n) is 11.5. The lowest BCUT2D eigenvalue weighted by Gasteiger charge is -2.38. The number of unbranched alkanes of at least 4 members (excludes halogenated alkanes) is 1. The Kier molecular flexibility index (Phi) is 8.71. The second-order valence-electron chi connectivity index (χ2n) is 8.53. The summed E-state index contributed by atoms with van der Waals surface area (Å²) in [6.45, 7) is 8.03. The zero-order valence-corrected chi connectivity index (χ0v) is 19.2. The summed E-state index contributed by atoms with van der Waals surface area (Å²) in [7, 11) is 1.83. The normalized spacial score (nSPS) is 19.9. The number of likely N-dealkylation sites (tertiary alicyclic amines) is 1. The summed E-state index contributed by atoms with van der Waals surface area (Å²) in [5.41, 5.74) is 2.48. The first-order valence-corrected chi connectivity index (χ1v) is 11.5. The van der Waals surface area contributed by atoms with Gasteiger partial charge in [-0.05, 0) is 51.2 Å². The van der Waals surface area contributed by atoms with Gasteiger partial charge in [0.05, 0.1) is 0 Å². The Balaban J connectivity index is 1.37. The van der Waals surface area contributed by atoms with Gasteiger partial charge in [0.2, 0.25) is 0 Å². The maximum absolute atomic E-state index is 11.9. The van der Waals surface area contributed by atoms with E-state index in [2.05, 4.69) is 57.8 Å². The van der Waals surface area contributed by atoms with Gasteiger partial charge in [-0.25, -0.2) is 0 Å². The Morgan fingerprint density at radius 2 is 1.94 bits per heavy atom. The maximum atomic E-state index is 11.9. The van der Waals surface area contributed by atoms with Crippen LogP contribution in [0, 0.1) is 6.92 Å². The molecule has 168 valence electrons. The van der Waals surface area contributed by atoms with Crippen LogP contribution in [0.25, 0.3) is 0 Å². The highest BCUT2D eigenvalue weighted by molar-refractivity contribution is 5.79. The zero-order valence-electron chi connectivity index (χ0n) is 19.2. The number of hydrogen-bond donors (Lipinski definition) is 2. The fourth-order valence-corrected chi connectivity index (χ4v) is 4.30. The van der Waals surface area contributed by atoms with E-state index in [1.807, 2.05) is 30.7 Å². The van der Waals surface area contributed by atoms with Crippen LogP contribution in [0.2, 0.25) is 0 Å². The Hall–Kier alpha value is -2.60. The van der Waals surface area contributed by atoms with E-state index in [9.17, 15) is 4.79 Å². The van der Waals surface area contributed by atoms with Crippen LogP contribution in [0.15, 0.2) is 58.3 Å². The average molecular weight is 424 g/mol. The lowest BCUT2D eigenvalue weighted by molar-refractivity contribution is 0.134. The molecule has 2 N–H and O–H groups in total. The number of aryl methyl sites for hydroxylation is 1. The van der Waals surface area contributed by atoms with Gasteiger partial charge in [0.1, 0.15) is 0 Å². The minimum Gasteiger partial charge on any atom is -0.356 e. The number of hydrogen-bond acceptors (Lipinski definition) is 3. The molecule has 31 heavy (non-hydrogen) atoms. The van der Waals surface area contributed by atoms with Gasteiger partial charge < -0.3 is 15.2 Å². The van der Waals surface area contributed by atoms with Crippen LogP contribution in [-0.4, -0.2) is 47.6 Å². The molecule has 1 aromatic heterocycles. The van der Waals surface area contributed by atoms with Crippen molar-refractivity contribution in [1.29, 1.82) is 0 Å². The van der Waals surface area contributed by atoms with Gasteiger partial charge in [-0.15, -0.1) is 0 Å². The molecule has 1 fully saturated rings. The second-order valence-corrected chi connectivity index (χ2v) is 8.53. The van der Waals surface area contributed by atoms with Crippen LogP contribution in [-0.2, 0) is 13.1 Å². The number of aliphatic imine (C=N–C) groups is 1. The van der Waals surface area contributed by atoms with Crippen molar-refractivity contribution in [3.63, 3.8) is 0 Å². The summed E-state index contributed by atoms with van der Waals surface area (Å²) in [5.74, 6) is 0.877. The van der Waals surface area contributed by atoms with E-state index in [1.54, 1.807) is 6.07 Å². The van der Waals surface area contributed by atoms with Gasteiger partial charge in [-0.1, -0.05) is 36.4 Å². The minimum atomic E-state index is 0.0816. The van der Waals surface area contributed by atoms with Crippen LogP contribution in [0.5, 0.6) is 0 Å². The molecule has 1 saturated heterocycles. The number of guanidine groups is 1. The van der Waals surface area contributed by atoms with Gasteiger partial charge >= 0.3 is 0 Å². The number of rotatable bonds is 8. The summed E-state index contributed by atoms with van der Waals surface area (Å²) in [6.07, 6.45) is 4.19. The van der Waals surface area contributed by atoms with E-state index in [4.69, 9.17) is 0 Å². The van der Waals surface area contributed by atoms with E-state index in [-0.39, 0.29) is 5.56 Å². The van der Waals surface area contributed by atoms with Crippen molar-refractivity contribution in [1.82, 2.24) is 20.1 Å². The molecule has 1 aliphatic rings. The third kappa shape index (κ3) is 6.96. The standard InChI is InChI=1S/C25H37N5O/c1-20-10-9-13-24(31)30(20)16-8-7-15-27-25(26-3)28-23-14-17-29(21(2)18-23)19-22-11-5-4-6-12-22/h4-6,9-13,21,23H,7-8,14-19H2,1-3H3,(H2,26,27,28). The van der Waals surface area contributed by atoms with Crippen LogP contribution in [0.4, 0.5) is 0 Å². The second kappa shape index (κ2) is 11.7. The molecule has 2 aromatic rings. The summed E-state index contributed by atoms with van der Waals surface area (Å²) in [6, 6.07) is 17.1. The van der Waals surface area contributed by atoms with Crippen molar-refractivity contribution in [2.24, 2.45) is 4.99 Å². The topological polar surface area (TPSA) is 61.7 Å². The maximum Gasteiger partial charge on any atom is 0.250 e. The molecule has 2 unspecified atom stereocenters. The highest BCUT2D eigenvalue weighted by Crippen LogP contribution is 2.19. The lowest BCUT2D eigenvalue weighted by atomic mass is 9.97. The predicted octanol–water partition coefficient (Wildman–Crippen LogP) is 3.16. The van der Waals surface area contributed by atoms with Crippen molar-refractivity contribution in [3.8, 4) is 0 Å². The van der Waals surface area contributed by atoms with Crippen molar-refractivity contribution in [2.75, 3.05) is 20.1 Å². The minimum absolute atomic E-state index is 0.0816. The highest BCUT2D eigenvalue weighted by atomic mass is 16.1. The largest absolute Gasteiger partial charge is 0.356 e.